The monoisotopic (exact) mass is 1380 g/mol. The summed E-state index contributed by atoms with van der Waals surface area (Å²) in [5.74, 6) is -3.10. The third kappa shape index (κ3) is 27.1. The maximum atomic E-state index is 12.1. The van der Waals surface area contributed by atoms with Gasteiger partial charge in [-0.05, 0) is 198 Å². The summed E-state index contributed by atoms with van der Waals surface area (Å²) in [5, 5.41) is 38.3. The molecule has 8 N–H and O–H groups in total. The third-order valence-electron chi connectivity index (χ3n) is 17.0. The first-order valence-electron chi connectivity index (χ1n) is 34.6. The lowest BCUT2D eigenvalue weighted by molar-refractivity contribution is -0.139. The molecule has 24 nitrogen and oxygen atoms in total. The average Bonchev–Trinajstić information content (AvgIpc) is 1.66. The Hall–Kier alpha value is -9.36. The number of aromatic nitrogens is 4. The maximum Gasteiger partial charge on any atom is 0.311 e. The molecule has 0 unspecified atom stereocenters. The fourth-order valence-corrected chi connectivity index (χ4v) is 11.3. The van der Waals surface area contributed by atoms with Gasteiger partial charge < -0.3 is 74.0 Å². The molecule has 8 aromatic rings. The number of aromatic amines is 4. The first-order chi connectivity index (χ1) is 47.7. The molecule has 0 saturated carbocycles. The summed E-state index contributed by atoms with van der Waals surface area (Å²) in [6.07, 6.45) is 12.7. The van der Waals surface area contributed by atoms with E-state index < -0.39 is 47.8 Å². The lowest BCUT2D eigenvalue weighted by atomic mass is 10.1. The minimum Gasteiger partial charge on any atom is -0.481 e. The molecule has 0 radical (unpaired) electrons. The molecule has 24 heteroatoms. The van der Waals surface area contributed by atoms with E-state index in [-0.39, 0.29) is 77.0 Å². The summed E-state index contributed by atoms with van der Waals surface area (Å²) in [4.78, 5) is 112. The van der Waals surface area contributed by atoms with Crippen molar-refractivity contribution in [2.45, 2.75) is 176 Å². The second-order valence-corrected chi connectivity index (χ2v) is 25.7. The van der Waals surface area contributed by atoms with Gasteiger partial charge in [0.1, 0.15) is 23.0 Å². The van der Waals surface area contributed by atoms with Crippen molar-refractivity contribution in [1.82, 2.24) is 39.5 Å². The number of likely N-dealkylation sites (N-methyl/N-ethyl adjacent to an activating group) is 3. The van der Waals surface area contributed by atoms with Crippen LogP contribution in [0, 0.1) is 0 Å². The highest BCUT2D eigenvalue weighted by molar-refractivity contribution is 5.94. The molecule has 4 aromatic heterocycles. The standard InChI is InChI=1S/C21H30N2O4.2C19H26N2O4.C17H22N2O4/c1-14(2)23(15(3)4)12-11-16-13-22-17-7-5-8-18(21(16)17)27-20(26)10-6-9-19(24)25;1-13(2)21(3)11-10-14-12-20-15-6-4-7-16(19(14)15)25-18(24)9-5-8-17(22)23;1-3-21(4-2)12-11-14-13-20-15-7-5-8-16(19(14)15)25-18(24)10-6-9-17(22)23;1-19(2)10-9-12-11-18-13-5-3-6-14(17(12)13)23-16(22)8-4-7-15(20)21/h5,7-8,13-15,22H,6,9-12H2,1-4H3,(H,24,25);4,6-7,12-13,20H,5,8-11H2,1-3H3,(H,22,23);5,7-8,13,20H,3-4,6,9-12H2,1-2H3,(H,22,23);3,5-6,11,18H,4,7-10H2,1-2H3,(H,20,21). The van der Waals surface area contributed by atoms with Crippen LogP contribution in [0.3, 0.4) is 0 Å². The van der Waals surface area contributed by atoms with Gasteiger partial charge in [0, 0.05) is 164 Å². The topological polar surface area (TPSA) is 331 Å². The number of hydrogen-bond donors (Lipinski definition) is 8. The van der Waals surface area contributed by atoms with Gasteiger partial charge in [-0.25, -0.2) is 0 Å². The zero-order valence-corrected chi connectivity index (χ0v) is 60.0. The largest absolute Gasteiger partial charge is 0.481 e. The second-order valence-electron chi connectivity index (χ2n) is 25.7. The number of aliphatic carboxylic acids is 4. The highest BCUT2D eigenvalue weighted by atomic mass is 16.5. The van der Waals surface area contributed by atoms with Gasteiger partial charge in [-0.1, -0.05) is 38.1 Å². The van der Waals surface area contributed by atoms with Gasteiger partial charge in [-0.3, -0.25) is 43.3 Å². The first-order valence-corrected chi connectivity index (χ1v) is 34.6. The van der Waals surface area contributed by atoms with E-state index in [1.54, 1.807) is 24.3 Å². The predicted octanol–water partition coefficient (Wildman–Crippen LogP) is 12.8. The Labute approximate surface area is 585 Å². The molecular formula is C76H104N8O16. The second kappa shape index (κ2) is 41.9. The molecule has 100 heavy (non-hydrogen) atoms. The average molecular weight is 1390 g/mol. The summed E-state index contributed by atoms with van der Waals surface area (Å²) < 4.78 is 22.0. The minimum absolute atomic E-state index is 0.0292. The number of esters is 4. The Morgan fingerprint density at radius 2 is 0.640 bits per heavy atom. The highest BCUT2D eigenvalue weighted by Crippen LogP contribution is 2.34. The van der Waals surface area contributed by atoms with E-state index >= 15 is 0 Å². The quantitative estimate of drug-likeness (QED) is 0.0132. The number of carboxylic acid groups (broad SMARTS) is 4. The van der Waals surface area contributed by atoms with Crippen molar-refractivity contribution in [3.63, 3.8) is 0 Å². The Morgan fingerprint density at radius 3 is 0.890 bits per heavy atom. The van der Waals surface area contributed by atoms with Crippen molar-refractivity contribution in [1.29, 1.82) is 0 Å². The third-order valence-corrected chi connectivity index (χ3v) is 17.0. The van der Waals surface area contributed by atoms with Gasteiger partial charge in [0.15, 0.2) is 0 Å². The van der Waals surface area contributed by atoms with Crippen LogP contribution in [0.25, 0.3) is 43.6 Å². The number of carbonyl (C=O) groups excluding carboxylic acids is 4. The van der Waals surface area contributed by atoms with E-state index in [0.717, 1.165) is 131 Å². The van der Waals surface area contributed by atoms with Crippen LogP contribution in [-0.2, 0) is 64.0 Å². The molecule has 0 aliphatic carbocycles. The Balaban J connectivity index is 0.000000241. The molecule has 0 amide bonds. The van der Waals surface area contributed by atoms with Crippen molar-refractivity contribution in [2.24, 2.45) is 0 Å². The molecule has 4 aromatic carbocycles. The van der Waals surface area contributed by atoms with Crippen molar-refractivity contribution in [3.8, 4) is 23.0 Å². The molecule has 0 aliphatic heterocycles. The lowest BCUT2D eigenvalue weighted by Gasteiger charge is -2.30. The lowest BCUT2D eigenvalue weighted by Crippen LogP contribution is -2.38. The minimum atomic E-state index is -0.906. The van der Waals surface area contributed by atoms with E-state index in [4.69, 9.17) is 39.4 Å². The number of nitrogens with one attached hydrogen (secondary N) is 4. The van der Waals surface area contributed by atoms with E-state index in [2.05, 4.69) is 102 Å². The Bertz CT molecular complexity index is 3810. The first kappa shape index (κ1) is 81.3. The predicted molar refractivity (Wildman–Crippen MR) is 388 cm³/mol. The number of hydrogen-bond acceptors (Lipinski definition) is 16. The molecule has 0 spiro atoms. The van der Waals surface area contributed by atoms with E-state index in [1.807, 2.05) is 87.4 Å². The van der Waals surface area contributed by atoms with Crippen molar-refractivity contribution in [2.75, 3.05) is 60.4 Å². The van der Waals surface area contributed by atoms with Gasteiger partial charge in [-0.15, -0.1) is 0 Å². The zero-order chi connectivity index (χ0) is 73.4. The number of nitrogens with zero attached hydrogens (tertiary/aromatic N) is 4. The number of H-pyrrole nitrogens is 4. The number of benzene rings is 4. The molecule has 0 bridgehead atoms. The van der Waals surface area contributed by atoms with Crippen LogP contribution in [0.15, 0.2) is 97.6 Å². The Morgan fingerprint density at radius 1 is 0.370 bits per heavy atom. The Kier molecular flexibility index (Phi) is 34.1. The molecule has 544 valence electrons. The molecule has 0 atom stereocenters. The molecule has 0 saturated heterocycles. The van der Waals surface area contributed by atoms with Crippen molar-refractivity contribution in [3.05, 3.63) is 120 Å². The van der Waals surface area contributed by atoms with Crippen LogP contribution in [-0.4, -0.2) is 186 Å². The fraction of sp³-hybridized carbons (Fsp3) is 0.474. The zero-order valence-electron chi connectivity index (χ0n) is 60.0. The highest BCUT2D eigenvalue weighted by Gasteiger charge is 2.21. The summed E-state index contributed by atoms with van der Waals surface area (Å²) in [7, 11) is 6.11. The van der Waals surface area contributed by atoms with Crippen LogP contribution >= 0.6 is 0 Å². The van der Waals surface area contributed by atoms with Crippen LogP contribution in [0.4, 0.5) is 0 Å². The molecule has 4 heterocycles. The van der Waals surface area contributed by atoms with Gasteiger partial charge >= 0.3 is 47.8 Å². The summed E-state index contributed by atoms with van der Waals surface area (Å²) >= 11 is 0. The SMILES string of the molecule is CC(C)N(C)CCc1c[nH]c2cccc(OC(=O)CCCC(=O)O)c12.CC(C)N(CCc1c[nH]c2cccc(OC(=O)CCCC(=O)O)c12)C(C)C.CCN(CC)CCc1c[nH]c2cccc(OC(=O)CCCC(=O)O)c12.CN(C)CCc1c[nH]c2cccc(OC(=O)CCCC(=O)O)c12. The van der Waals surface area contributed by atoms with Crippen molar-refractivity contribution >= 4 is 91.4 Å². The van der Waals surface area contributed by atoms with E-state index in [9.17, 15) is 38.4 Å². The number of carbonyl (C=O) groups is 8. The van der Waals surface area contributed by atoms with E-state index in [0.29, 0.717) is 41.1 Å². The molecule has 0 fully saturated rings. The van der Waals surface area contributed by atoms with Crippen molar-refractivity contribution < 1.29 is 77.7 Å². The van der Waals surface area contributed by atoms with Gasteiger partial charge in [0.25, 0.3) is 0 Å². The number of carboxylic acids is 4. The summed E-state index contributed by atoms with van der Waals surface area (Å²) in [6, 6.07) is 23.7. The van der Waals surface area contributed by atoms with Crippen LogP contribution in [0.1, 0.15) is 155 Å². The smallest absolute Gasteiger partial charge is 0.311 e. The van der Waals surface area contributed by atoms with Crippen LogP contribution in [0.5, 0.6) is 23.0 Å². The van der Waals surface area contributed by atoms with Crippen LogP contribution < -0.4 is 18.9 Å². The van der Waals surface area contributed by atoms with Gasteiger partial charge in [-0.2, -0.15) is 0 Å². The summed E-state index contributed by atoms with van der Waals surface area (Å²) in [6.45, 7) is 23.0. The van der Waals surface area contributed by atoms with Gasteiger partial charge in [0.2, 0.25) is 0 Å². The maximum absolute atomic E-state index is 12.1. The number of fused-ring (bicyclic) bond motifs is 4. The molecule has 8 rings (SSSR count). The summed E-state index contributed by atoms with van der Waals surface area (Å²) in [5.41, 5.74) is 8.17. The number of ether oxygens (including phenoxy) is 4. The van der Waals surface area contributed by atoms with Gasteiger partial charge in [0.05, 0.1) is 0 Å². The molecular weight excluding hydrogens is 1280 g/mol. The van der Waals surface area contributed by atoms with Crippen LogP contribution in [0.2, 0.25) is 0 Å². The fourth-order valence-electron chi connectivity index (χ4n) is 11.3. The normalized spacial score (nSPS) is 11.3. The van der Waals surface area contributed by atoms with E-state index in [1.165, 1.54) is 0 Å². The number of rotatable bonds is 37. The molecule has 0 aliphatic rings.